The third-order valence-electron chi connectivity index (χ3n) is 4.40. The summed E-state index contributed by atoms with van der Waals surface area (Å²) in [5.41, 5.74) is 2.22. The molecule has 0 spiro atoms. The maximum atomic E-state index is 5.36. The van der Waals surface area contributed by atoms with E-state index in [1.807, 2.05) is 20.0 Å². The van der Waals surface area contributed by atoms with Gasteiger partial charge in [-0.1, -0.05) is 30.3 Å². The second kappa shape index (κ2) is 7.72. The van der Waals surface area contributed by atoms with Crippen LogP contribution in [0, 0.1) is 0 Å². The van der Waals surface area contributed by atoms with Crippen molar-refractivity contribution in [1.29, 1.82) is 0 Å². The lowest BCUT2D eigenvalue weighted by Crippen LogP contribution is -2.18. The average Bonchev–Trinajstić information content (AvgIpc) is 3.34. The van der Waals surface area contributed by atoms with Crippen LogP contribution >= 0.6 is 22.7 Å². The SMILES string of the molecule is COC(C)c1nc(CN(C)c2ncnc3sc(-c4ccccc4)cc23)cs1. The van der Waals surface area contributed by atoms with Gasteiger partial charge in [-0.2, -0.15) is 0 Å². The average molecular weight is 397 g/mol. The Labute approximate surface area is 166 Å². The van der Waals surface area contributed by atoms with Gasteiger partial charge in [-0.3, -0.25) is 0 Å². The molecule has 1 aromatic carbocycles. The largest absolute Gasteiger partial charge is 0.375 e. The number of hydrogen-bond acceptors (Lipinski definition) is 7. The van der Waals surface area contributed by atoms with Crippen molar-refractivity contribution < 1.29 is 4.74 Å². The molecule has 0 aliphatic carbocycles. The molecule has 5 nitrogen and oxygen atoms in total. The molecule has 3 heterocycles. The molecule has 0 fully saturated rings. The van der Waals surface area contributed by atoms with E-state index in [0.717, 1.165) is 26.7 Å². The van der Waals surface area contributed by atoms with E-state index in [1.165, 1.54) is 10.4 Å². The molecule has 4 aromatic rings. The highest BCUT2D eigenvalue weighted by Gasteiger charge is 2.15. The lowest BCUT2D eigenvalue weighted by Gasteiger charge is -2.17. The molecule has 0 saturated heterocycles. The van der Waals surface area contributed by atoms with Crippen LogP contribution in [0.2, 0.25) is 0 Å². The van der Waals surface area contributed by atoms with Crippen LogP contribution in [0.5, 0.6) is 0 Å². The van der Waals surface area contributed by atoms with Gasteiger partial charge in [-0.25, -0.2) is 15.0 Å². The second-order valence-corrected chi connectivity index (χ2v) is 8.22. The van der Waals surface area contributed by atoms with E-state index in [2.05, 4.69) is 50.6 Å². The van der Waals surface area contributed by atoms with Crippen LogP contribution in [0.15, 0.2) is 48.1 Å². The van der Waals surface area contributed by atoms with Gasteiger partial charge < -0.3 is 9.64 Å². The summed E-state index contributed by atoms with van der Waals surface area (Å²) in [5, 5.41) is 4.16. The van der Waals surface area contributed by atoms with Gasteiger partial charge in [0.25, 0.3) is 0 Å². The normalized spacial score (nSPS) is 12.4. The molecular formula is C20H20N4OS2. The first-order valence-corrected chi connectivity index (χ1v) is 10.3. The second-order valence-electron chi connectivity index (χ2n) is 6.30. The van der Waals surface area contributed by atoms with Crippen molar-refractivity contribution in [2.45, 2.75) is 19.6 Å². The minimum Gasteiger partial charge on any atom is -0.375 e. The molecule has 3 aromatic heterocycles. The highest BCUT2D eigenvalue weighted by molar-refractivity contribution is 7.21. The molecule has 0 bridgehead atoms. The molecule has 0 radical (unpaired) electrons. The summed E-state index contributed by atoms with van der Waals surface area (Å²) in [5.74, 6) is 0.924. The molecular weight excluding hydrogens is 376 g/mol. The minimum absolute atomic E-state index is 0.0186. The van der Waals surface area contributed by atoms with Crippen molar-refractivity contribution in [1.82, 2.24) is 15.0 Å². The minimum atomic E-state index is 0.0186. The molecule has 7 heteroatoms. The van der Waals surface area contributed by atoms with Gasteiger partial charge in [0.2, 0.25) is 0 Å². The van der Waals surface area contributed by atoms with Crippen molar-refractivity contribution in [2.24, 2.45) is 0 Å². The molecule has 27 heavy (non-hydrogen) atoms. The molecule has 1 atom stereocenters. The number of anilines is 1. The van der Waals surface area contributed by atoms with Crippen molar-refractivity contribution in [2.75, 3.05) is 19.1 Å². The quantitative estimate of drug-likeness (QED) is 0.451. The highest BCUT2D eigenvalue weighted by atomic mass is 32.1. The van der Waals surface area contributed by atoms with E-state index in [-0.39, 0.29) is 6.10 Å². The van der Waals surface area contributed by atoms with E-state index < -0.39 is 0 Å². The fraction of sp³-hybridized carbons (Fsp3) is 0.250. The zero-order valence-electron chi connectivity index (χ0n) is 15.4. The van der Waals surface area contributed by atoms with Gasteiger partial charge in [0.15, 0.2) is 0 Å². The van der Waals surface area contributed by atoms with E-state index >= 15 is 0 Å². The number of benzene rings is 1. The molecule has 1 unspecified atom stereocenters. The number of fused-ring (bicyclic) bond motifs is 1. The topological polar surface area (TPSA) is 51.1 Å². The number of thiophene rings is 1. The lowest BCUT2D eigenvalue weighted by atomic mass is 10.2. The van der Waals surface area contributed by atoms with Gasteiger partial charge in [0, 0.05) is 24.4 Å². The standard InChI is InChI=1S/C20H20N4OS2/c1-13(25-3)19-23-15(11-26-19)10-24(2)18-16-9-17(14-7-5-4-6-8-14)27-20(16)22-12-21-18/h4-9,11-13H,10H2,1-3H3. The van der Waals surface area contributed by atoms with Crippen LogP contribution in [0.25, 0.3) is 20.7 Å². The van der Waals surface area contributed by atoms with E-state index in [9.17, 15) is 0 Å². The first-order valence-electron chi connectivity index (χ1n) is 8.64. The van der Waals surface area contributed by atoms with Crippen molar-refractivity contribution in [3.05, 3.63) is 58.8 Å². The molecule has 138 valence electrons. The molecule has 4 rings (SSSR count). The fourth-order valence-corrected chi connectivity index (χ4v) is 4.73. The third-order valence-corrected chi connectivity index (χ3v) is 6.55. The van der Waals surface area contributed by atoms with Crippen LogP contribution in [-0.4, -0.2) is 29.1 Å². The van der Waals surface area contributed by atoms with E-state index in [4.69, 9.17) is 9.72 Å². The van der Waals surface area contributed by atoms with Crippen LogP contribution in [-0.2, 0) is 11.3 Å². The number of nitrogens with zero attached hydrogens (tertiary/aromatic N) is 4. The maximum Gasteiger partial charge on any atom is 0.140 e. The number of methoxy groups -OCH3 is 1. The Morgan fingerprint density at radius 1 is 1.19 bits per heavy atom. The molecule has 0 aliphatic rings. The Kier molecular flexibility index (Phi) is 5.15. The summed E-state index contributed by atoms with van der Waals surface area (Å²) in [7, 11) is 3.75. The zero-order valence-corrected chi connectivity index (χ0v) is 17.0. The van der Waals surface area contributed by atoms with Crippen molar-refractivity contribution in [3.63, 3.8) is 0 Å². The van der Waals surface area contributed by atoms with Gasteiger partial charge in [-0.05, 0) is 18.6 Å². The van der Waals surface area contributed by atoms with Gasteiger partial charge >= 0.3 is 0 Å². The van der Waals surface area contributed by atoms with E-state index in [0.29, 0.717) is 6.54 Å². The number of aromatic nitrogens is 3. The number of hydrogen-bond donors (Lipinski definition) is 0. The van der Waals surface area contributed by atoms with Crippen LogP contribution in [0.3, 0.4) is 0 Å². The number of thiazole rings is 1. The first-order chi connectivity index (χ1) is 13.2. The Hall–Kier alpha value is -2.35. The molecule has 0 N–H and O–H groups in total. The Balaban J connectivity index is 1.63. The Bertz CT molecular complexity index is 1040. The Morgan fingerprint density at radius 2 is 2.00 bits per heavy atom. The highest BCUT2D eigenvalue weighted by Crippen LogP contribution is 2.36. The number of ether oxygens (including phenoxy) is 1. The summed E-state index contributed by atoms with van der Waals surface area (Å²) in [6.07, 6.45) is 1.66. The molecule has 0 saturated carbocycles. The smallest absolute Gasteiger partial charge is 0.140 e. The van der Waals surface area contributed by atoms with E-state index in [1.54, 1.807) is 36.1 Å². The van der Waals surface area contributed by atoms with Gasteiger partial charge in [0.05, 0.1) is 17.6 Å². The van der Waals surface area contributed by atoms with Crippen molar-refractivity contribution >= 4 is 38.7 Å². The van der Waals surface area contributed by atoms with Crippen molar-refractivity contribution in [3.8, 4) is 10.4 Å². The monoisotopic (exact) mass is 396 g/mol. The lowest BCUT2D eigenvalue weighted by molar-refractivity contribution is 0.119. The fourth-order valence-electron chi connectivity index (χ4n) is 2.89. The summed E-state index contributed by atoms with van der Waals surface area (Å²) in [6, 6.07) is 12.6. The Morgan fingerprint density at radius 3 is 2.78 bits per heavy atom. The van der Waals surface area contributed by atoms with Gasteiger partial charge in [-0.15, -0.1) is 22.7 Å². The first kappa shape index (κ1) is 18.0. The summed E-state index contributed by atoms with van der Waals surface area (Å²) >= 11 is 3.32. The molecule has 0 aliphatic heterocycles. The number of rotatable bonds is 6. The maximum absolute atomic E-state index is 5.36. The third kappa shape index (κ3) is 3.71. The predicted octanol–water partition coefficient (Wildman–Crippen LogP) is 5.16. The zero-order chi connectivity index (χ0) is 18.8. The summed E-state index contributed by atoms with van der Waals surface area (Å²) < 4.78 is 5.36. The summed E-state index contributed by atoms with van der Waals surface area (Å²) in [4.78, 5) is 18.0. The molecule has 0 amide bonds. The predicted molar refractivity (Wildman–Crippen MR) is 112 cm³/mol. The van der Waals surface area contributed by atoms with Crippen LogP contribution in [0.1, 0.15) is 23.7 Å². The van der Waals surface area contributed by atoms with Crippen LogP contribution < -0.4 is 4.90 Å². The van der Waals surface area contributed by atoms with Gasteiger partial charge in [0.1, 0.15) is 28.1 Å². The van der Waals surface area contributed by atoms with Crippen LogP contribution in [0.4, 0.5) is 5.82 Å². The summed E-state index contributed by atoms with van der Waals surface area (Å²) in [6.45, 7) is 2.70.